The van der Waals surface area contributed by atoms with Gasteiger partial charge in [-0.2, -0.15) is 0 Å². The van der Waals surface area contributed by atoms with Gasteiger partial charge < -0.3 is 14.0 Å². The standard InChI is InChI=1S/C25H38N2O3Si/c1-6-8-14-24-26-19-23(27(24)20-29-15-16-31(3,4)5)22(18-25(28)30-7-2)17-21-12-10-9-11-13-21/h9-13,18-19H,6-8,14-17,20H2,1-5H3/b22-18+. The highest BCUT2D eigenvalue weighted by molar-refractivity contribution is 6.76. The van der Waals surface area contributed by atoms with Crippen molar-refractivity contribution in [2.24, 2.45) is 0 Å². The van der Waals surface area contributed by atoms with Crippen molar-refractivity contribution in [3.8, 4) is 0 Å². The molecule has 170 valence electrons. The third-order valence-corrected chi connectivity index (χ3v) is 6.76. The number of carbonyl (C=O) groups is 1. The van der Waals surface area contributed by atoms with Gasteiger partial charge in [-0.25, -0.2) is 9.78 Å². The van der Waals surface area contributed by atoms with E-state index in [1.54, 1.807) is 6.08 Å². The lowest BCUT2D eigenvalue weighted by atomic mass is 10.0. The minimum Gasteiger partial charge on any atom is -0.463 e. The normalized spacial score (nSPS) is 12.2. The van der Waals surface area contributed by atoms with Gasteiger partial charge in [0.2, 0.25) is 0 Å². The molecule has 31 heavy (non-hydrogen) atoms. The van der Waals surface area contributed by atoms with E-state index in [1.807, 2.05) is 31.3 Å². The highest BCUT2D eigenvalue weighted by atomic mass is 28.3. The molecule has 1 heterocycles. The van der Waals surface area contributed by atoms with Gasteiger partial charge in [0.15, 0.2) is 0 Å². The Morgan fingerprint density at radius 3 is 2.55 bits per heavy atom. The number of nitrogens with zero attached hydrogens (tertiary/aromatic N) is 2. The van der Waals surface area contributed by atoms with Gasteiger partial charge >= 0.3 is 5.97 Å². The number of ether oxygens (including phenoxy) is 2. The van der Waals surface area contributed by atoms with Crippen molar-refractivity contribution in [3.05, 3.63) is 59.7 Å². The Hall–Kier alpha value is -2.18. The van der Waals surface area contributed by atoms with Crippen LogP contribution in [0.1, 0.15) is 43.8 Å². The lowest BCUT2D eigenvalue weighted by Crippen LogP contribution is -2.22. The van der Waals surface area contributed by atoms with Gasteiger partial charge in [0.25, 0.3) is 0 Å². The van der Waals surface area contributed by atoms with E-state index in [0.29, 0.717) is 19.8 Å². The van der Waals surface area contributed by atoms with Gasteiger partial charge in [-0.3, -0.25) is 0 Å². The molecule has 0 spiro atoms. The van der Waals surface area contributed by atoms with Crippen LogP contribution in [-0.4, -0.2) is 36.8 Å². The molecular weight excluding hydrogens is 404 g/mol. The molecule has 2 rings (SSSR count). The topological polar surface area (TPSA) is 53.3 Å². The maximum atomic E-state index is 12.3. The average Bonchev–Trinajstić information content (AvgIpc) is 3.12. The molecule has 0 amide bonds. The van der Waals surface area contributed by atoms with E-state index in [0.717, 1.165) is 54.6 Å². The summed E-state index contributed by atoms with van der Waals surface area (Å²) in [6, 6.07) is 11.3. The van der Waals surface area contributed by atoms with Crippen LogP contribution in [0.15, 0.2) is 42.6 Å². The number of hydrogen-bond donors (Lipinski definition) is 0. The van der Waals surface area contributed by atoms with Gasteiger partial charge in [-0.1, -0.05) is 63.3 Å². The van der Waals surface area contributed by atoms with Crippen LogP contribution in [0.25, 0.3) is 5.57 Å². The second-order valence-corrected chi connectivity index (χ2v) is 14.6. The molecule has 5 nitrogen and oxygen atoms in total. The number of carbonyl (C=O) groups excluding carboxylic acids is 1. The fourth-order valence-electron chi connectivity index (χ4n) is 3.24. The second-order valence-electron chi connectivity index (χ2n) is 9.02. The predicted molar refractivity (Wildman–Crippen MR) is 130 cm³/mol. The van der Waals surface area contributed by atoms with Crippen LogP contribution in [0.3, 0.4) is 0 Å². The summed E-state index contributed by atoms with van der Waals surface area (Å²) in [5.74, 6) is 0.684. The van der Waals surface area contributed by atoms with Crippen LogP contribution in [0.2, 0.25) is 25.7 Å². The van der Waals surface area contributed by atoms with Crippen molar-refractivity contribution >= 4 is 19.6 Å². The Labute approximate surface area is 188 Å². The largest absolute Gasteiger partial charge is 0.463 e. The van der Waals surface area contributed by atoms with Crippen molar-refractivity contribution in [2.75, 3.05) is 13.2 Å². The first-order chi connectivity index (χ1) is 14.8. The van der Waals surface area contributed by atoms with E-state index >= 15 is 0 Å². The summed E-state index contributed by atoms with van der Waals surface area (Å²) in [5.41, 5.74) is 2.96. The highest BCUT2D eigenvalue weighted by Crippen LogP contribution is 2.23. The van der Waals surface area contributed by atoms with E-state index < -0.39 is 8.07 Å². The number of imidazole rings is 1. The second kappa shape index (κ2) is 12.6. The quantitative estimate of drug-likeness (QED) is 0.172. The van der Waals surface area contributed by atoms with E-state index in [9.17, 15) is 4.79 Å². The van der Waals surface area contributed by atoms with Crippen molar-refractivity contribution in [3.63, 3.8) is 0 Å². The molecule has 0 atom stereocenters. The molecule has 0 aliphatic carbocycles. The first kappa shape index (κ1) is 25.1. The van der Waals surface area contributed by atoms with Crippen LogP contribution < -0.4 is 0 Å². The molecule has 2 aromatic rings. The third kappa shape index (κ3) is 8.83. The number of aryl methyl sites for hydroxylation is 1. The maximum absolute atomic E-state index is 12.3. The first-order valence-electron chi connectivity index (χ1n) is 11.4. The van der Waals surface area contributed by atoms with Crippen LogP contribution in [0.5, 0.6) is 0 Å². The molecular formula is C25H38N2O3Si. The van der Waals surface area contributed by atoms with Crippen molar-refractivity contribution in [1.82, 2.24) is 9.55 Å². The zero-order valence-electron chi connectivity index (χ0n) is 19.8. The number of benzene rings is 1. The fourth-order valence-corrected chi connectivity index (χ4v) is 4.00. The van der Waals surface area contributed by atoms with Gasteiger partial charge in [-0.05, 0) is 36.9 Å². The summed E-state index contributed by atoms with van der Waals surface area (Å²) in [4.78, 5) is 17.0. The number of unbranched alkanes of at least 4 members (excludes halogenated alkanes) is 1. The Bertz CT molecular complexity index is 838. The van der Waals surface area contributed by atoms with Crippen molar-refractivity contribution < 1.29 is 14.3 Å². The van der Waals surface area contributed by atoms with Crippen LogP contribution in [-0.2, 0) is 33.8 Å². The highest BCUT2D eigenvalue weighted by Gasteiger charge is 2.17. The number of allylic oxidation sites excluding steroid dienone is 1. The van der Waals surface area contributed by atoms with Crippen LogP contribution >= 0.6 is 0 Å². The summed E-state index contributed by atoms with van der Waals surface area (Å²) < 4.78 is 13.4. The Balaban J connectivity index is 2.33. The van der Waals surface area contributed by atoms with E-state index in [2.05, 4.69) is 43.3 Å². The summed E-state index contributed by atoms with van der Waals surface area (Å²) >= 11 is 0. The molecule has 0 radical (unpaired) electrons. The number of esters is 1. The molecule has 6 heteroatoms. The lowest BCUT2D eigenvalue weighted by molar-refractivity contribution is -0.137. The fraction of sp³-hybridized carbons (Fsp3) is 0.520. The van der Waals surface area contributed by atoms with Crippen molar-refractivity contribution in [2.45, 2.75) is 71.9 Å². The molecule has 0 bridgehead atoms. The predicted octanol–water partition coefficient (Wildman–Crippen LogP) is 5.73. The third-order valence-electron chi connectivity index (χ3n) is 5.05. The summed E-state index contributed by atoms with van der Waals surface area (Å²) in [5, 5.41) is 0. The lowest BCUT2D eigenvalue weighted by Gasteiger charge is -2.18. The Kier molecular flexibility index (Phi) is 10.2. The summed E-state index contributed by atoms with van der Waals surface area (Å²) in [7, 11) is -1.15. The SMILES string of the molecule is CCCCc1ncc(/C(=C/C(=O)OCC)Cc2ccccc2)n1COCC[Si](C)(C)C. The first-order valence-corrected chi connectivity index (χ1v) is 15.1. The van der Waals surface area contributed by atoms with Gasteiger partial charge in [0, 0.05) is 27.2 Å². The van der Waals surface area contributed by atoms with E-state index in [-0.39, 0.29) is 5.97 Å². The molecule has 1 aromatic heterocycles. The minimum atomic E-state index is -1.15. The molecule has 0 N–H and O–H groups in total. The van der Waals surface area contributed by atoms with E-state index in [1.165, 1.54) is 0 Å². The maximum Gasteiger partial charge on any atom is 0.331 e. The number of aromatic nitrogens is 2. The van der Waals surface area contributed by atoms with Gasteiger partial charge in [-0.15, -0.1) is 0 Å². The summed E-state index contributed by atoms with van der Waals surface area (Å²) in [6.45, 7) is 12.6. The van der Waals surface area contributed by atoms with Gasteiger partial charge in [0.05, 0.1) is 18.5 Å². The smallest absolute Gasteiger partial charge is 0.331 e. The minimum absolute atomic E-state index is 0.323. The Morgan fingerprint density at radius 2 is 1.90 bits per heavy atom. The molecule has 0 saturated carbocycles. The van der Waals surface area contributed by atoms with Crippen LogP contribution in [0, 0.1) is 0 Å². The molecule has 0 unspecified atom stereocenters. The monoisotopic (exact) mass is 442 g/mol. The molecule has 1 aromatic carbocycles. The summed E-state index contributed by atoms with van der Waals surface area (Å²) in [6.07, 6.45) is 7.19. The van der Waals surface area contributed by atoms with E-state index in [4.69, 9.17) is 14.5 Å². The number of rotatable bonds is 13. The average molecular weight is 443 g/mol. The van der Waals surface area contributed by atoms with Gasteiger partial charge in [0.1, 0.15) is 12.6 Å². The number of hydrogen-bond acceptors (Lipinski definition) is 4. The molecule has 0 saturated heterocycles. The van der Waals surface area contributed by atoms with Crippen LogP contribution in [0.4, 0.5) is 0 Å². The Morgan fingerprint density at radius 1 is 1.16 bits per heavy atom. The molecule has 0 aliphatic heterocycles. The van der Waals surface area contributed by atoms with Crippen molar-refractivity contribution in [1.29, 1.82) is 0 Å². The zero-order valence-corrected chi connectivity index (χ0v) is 20.8. The molecule has 0 aliphatic rings. The molecule has 0 fully saturated rings. The zero-order chi connectivity index (χ0) is 22.7.